The van der Waals surface area contributed by atoms with Gasteiger partial charge in [0.15, 0.2) is 5.96 Å². The van der Waals surface area contributed by atoms with Crippen molar-refractivity contribution in [3.05, 3.63) is 53.7 Å². The number of ether oxygens (including phenoxy) is 3. The molecule has 2 aromatic rings. The van der Waals surface area contributed by atoms with E-state index in [0.717, 1.165) is 36.8 Å². The second kappa shape index (κ2) is 14.9. The van der Waals surface area contributed by atoms with Gasteiger partial charge in [-0.25, -0.2) is 9.98 Å². The van der Waals surface area contributed by atoms with Gasteiger partial charge in [-0.2, -0.15) is 0 Å². The number of nitrogens with one attached hydrogen (secondary N) is 2. The molecule has 0 radical (unpaired) electrons. The molecule has 0 amide bonds. The zero-order chi connectivity index (χ0) is 20.0. The van der Waals surface area contributed by atoms with E-state index in [9.17, 15) is 0 Å². The number of methoxy groups -OCH3 is 2. The van der Waals surface area contributed by atoms with E-state index >= 15 is 0 Å². The van der Waals surface area contributed by atoms with Gasteiger partial charge in [0, 0.05) is 32.5 Å². The Hall–Kier alpha value is -2.07. The van der Waals surface area contributed by atoms with E-state index in [-0.39, 0.29) is 24.0 Å². The molecule has 0 aliphatic rings. The number of guanidine groups is 1. The molecule has 0 unspecified atom stereocenters. The monoisotopic (exact) mass is 514 g/mol. The lowest BCUT2D eigenvalue weighted by Gasteiger charge is -2.13. The summed E-state index contributed by atoms with van der Waals surface area (Å²) in [5.41, 5.74) is 2.18. The summed E-state index contributed by atoms with van der Waals surface area (Å²) >= 11 is 0. The number of nitrogens with zero attached hydrogens (tertiary/aromatic N) is 2. The summed E-state index contributed by atoms with van der Waals surface area (Å²) in [4.78, 5) is 8.92. The molecular weight excluding hydrogens is 483 g/mol. The highest BCUT2D eigenvalue weighted by Crippen LogP contribution is 2.17. The predicted octanol–water partition coefficient (Wildman–Crippen LogP) is 3.03. The van der Waals surface area contributed by atoms with Crippen molar-refractivity contribution in [2.45, 2.75) is 19.9 Å². The van der Waals surface area contributed by atoms with Crippen LogP contribution in [0.3, 0.4) is 0 Å². The summed E-state index contributed by atoms with van der Waals surface area (Å²) in [5.74, 6) is 2.27. The first kappa shape index (κ1) is 25.0. The molecular formula is C21H31IN4O3. The standard InChI is InChI=1S/C21H30N4O3.HI/c1-4-22-21(23-12-11-18-7-5-6-8-19(18)27-3)25-16-17-9-10-20(24-15-17)28-14-13-26-2;/h5-10,15H,4,11-14,16H2,1-3H3,(H2,22,23,25);1H. The number of hydrogen-bond acceptors (Lipinski definition) is 5. The average molecular weight is 514 g/mol. The normalized spacial score (nSPS) is 10.8. The van der Waals surface area contributed by atoms with Gasteiger partial charge in [0.2, 0.25) is 5.88 Å². The van der Waals surface area contributed by atoms with Gasteiger partial charge in [-0.3, -0.25) is 0 Å². The van der Waals surface area contributed by atoms with Gasteiger partial charge < -0.3 is 24.8 Å². The van der Waals surface area contributed by atoms with Crippen LogP contribution in [-0.4, -0.2) is 51.5 Å². The van der Waals surface area contributed by atoms with E-state index in [0.29, 0.717) is 25.6 Å². The first-order valence-corrected chi connectivity index (χ1v) is 9.47. The summed E-state index contributed by atoms with van der Waals surface area (Å²) in [6.45, 7) is 5.17. The maximum absolute atomic E-state index is 5.47. The maximum Gasteiger partial charge on any atom is 0.213 e. The maximum atomic E-state index is 5.47. The summed E-state index contributed by atoms with van der Waals surface area (Å²) in [6.07, 6.45) is 2.63. The van der Waals surface area contributed by atoms with Crippen LogP contribution >= 0.6 is 24.0 Å². The Morgan fingerprint density at radius 3 is 2.59 bits per heavy atom. The molecule has 0 aliphatic heterocycles. The molecule has 8 heteroatoms. The van der Waals surface area contributed by atoms with E-state index in [4.69, 9.17) is 14.2 Å². The van der Waals surface area contributed by atoms with Gasteiger partial charge in [0.1, 0.15) is 12.4 Å². The molecule has 0 saturated heterocycles. The van der Waals surface area contributed by atoms with Crippen molar-refractivity contribution in [1.82, 2.24) is 15.6 Å². The lowest BCUT2D eigenvalue weighted by molar-refractivity contribution is 0.143. The largest absolute Gasteiger partial charge is 0.496 e. The number of hydrogen-bond donors (Lipinski definition) is 2. The zero-order valence-corrected chi connectivity index (χ0v) is 19.6. The summed E-state index contributed by atoms with van der Waals surface area (Å²) < 4.78 is 15.8. The fourth-order valence-electron chi connectivity index (χ4n) is 2.56. The number of para-hydroxylation sites is 1. The Morgan fingerprint density at radius 2 is 1.90 bits per heavy atom. The fourth-order valence-corrected chi connectivity index (χ4v) is 2.56. The van der Waals surface area contributed by atoms with E-state index in [2.05, 4.69) is 26.7 Å². The smallest absolute Gasteiger partial charge is 0.213 e. The molecule has 160 valence electrons. The third-order valence-corrected chi connectivity index (χ3v) is 3.98. The van der Waals surface area contributed by atoms with Crippen LogP contribution in [0.5, 0.6) is 11.6 Å². The minimum atomic E-state index is 0. The molecule has 0 atom stereocenters. The van der Waals surface area contributed by atoms with Crippen molar-refractivity contribution in [1.29, 1.82) is 0 Å². The van der Waals surface area contributed by atoms with Gasteiger partial charge in [-0.15, -0.1) is 24.0 Å². The molecule has 2 rings (SSSR count). The van der Waals surface area contributed by atoms with Crippen molar-refractivity contribution in [2.75, 3.05) is 40.5 Å². The first-order chi connectivity index (χ1) is 13.8. The van der Waals surface area contributed by atoms with Crippen molar-refractivity contribution in [3.8, 4) is 11.6 Å². The Balaban J connectivity index is 0.00000420. The molecule has 1 aromatic heterocycles. The SMILES string of the molecule is CCNC(=NCc1ccc(OCCOC)nc1)NCCc1ccccc1OC.I. The van der Waals surface area contributed by atoms with Gasteiger partial charge in [0.05, 0.1) is 20.3 Å². The van der Waals surface area contributed by atoms with Crippen LogP contribution in [0, 0.1) is 0 Å². The van der Waals surface area contributed by atoms with E-state index in [1.165, 1.54) is 5.56 Å². The second-order valence-electron chi connectivity index (χ2n) is 6.03. The van der Waals surface area contributed by atoms with E-state index in [1.807, 2.05) is 37.3 Å². The molecule has 0 saturated carbocycles. The third-order valence-electron chi connectivity index (χ3n) is 3.98. The number of halogens is 1. The molecule has 1 aromatic carbocycles. The van der Waals surface area contributed by atoms with E-state index in [1.54, 1.807) is 20.4 Å². The molecule has 1 heterocycles. The highest BCUT2D eigenvalue weighted by Gasteiger charge is 2.03. The van der Waals surface area contributed by atoms with Crippen LogP contribution in [-0.2, 0) is 17.7 Å². The fraction of sp³-hybridized carbons (Fsp3) is 0.429. The van der Waals surface area contributed by atoms with Crippen LogP contribution in [0.4, 0.5) is 0 Å². The molecule has 29 heavy (non-hydrogen) atoms. The minimum absolute atomic E-state index is 0. The lowest BCUT2D eigenvalue weighted by Crippen LogP contribution is -2.38. The molecule has 0 bridgehead atoms. The zero-order valence-electron chi connectivity index (χ0n) is 17.3. The van der Waals surface area contributed by atoms with Crippen molar-refractivity contribution in [2.24, 2.45) is 4.99 Å². The highest BCUT2D eigenvalue weighted by molar-refractivity contribution is 14.0. The lowest BCUT2D eigenvalue weighted by atomic mass is 10.1. The van der Waals surface area contributed by atoms with Gasteiger partial charge >= 0.3 is 0 Å². The minimum Gasteiger partial charge on any atom is -0.496 e. The Labute approximate surface area is 190 Å². The summed E-state index contributed by atoms with van der Waals surface area (Å²) in [6, 6.07) is 11.9. The molecule has 2 N–H and O–H groups in total. The summed E-state index contributed by atoms with van der Waals surface area (Å²) in [5, 5.41) is 6.62. The molecule has 7 nitrogen and oxygen atoms in total. The molecule has 0 aliphatic carbocycles. The first-order valence-electron chi connectivity index (χ1n) is 9.47. The number of benzene rings is 1. The molecule has 0 spiro atoms. The van der Waals surface area contributed by atoms with Crippen molar-refractivity contribution < 1.29 is 14.2 Å². The topological polar surface area (TPSA) is 77.0 Å². The van der Waals surface area contributed by atoms with Crippen LogP contribution in [0.2, 0.25) is 0 Å². The van der Waals surface area contributed by atoms with Crippen LogP contribution in [0.1, 0.15) is 18.1 Å². The average Bonchev–Trinajstić information content (AvgIpc) is 2.73. The van der Waals surface area contributed by atoms with Crippen molar-refractivity contribution >= 4 is 29.9 Å². The van der Waals surface area contributed by atoms with Crippen LogP contribution in [0.15, 0.2) is 47.6 Å². The Bertz CT molecular complexity index is 726. The van der Waals surface area contributed by atoms with Gasteiger partial charge in [-0.05, 0) is 30.5 Å². The van der Waals surface area contributed by atoms with Crippen LogP contribution < -0.4 is 20.1 Å². The number of rotatable bonds is 11. The Kier molecular flexibility index (Phi) is 12.8. The van der Waals surface area contributed by atoms with Crippen LogP contribution in [0.25, 0.3) is 0 Å². The second-order valence-corrected chi connectivity index (χ2v) is 6.03. The third kappa shape index (κ3) is 9.31. The summed E-state index contributed by atoms with van der Waals surface area (Å²) in [7, 11) is 3.34. The number of aromatic nitrogens is 1. The number of aliphatic imine (C=N–C) groups is 1. The number of pyridine rings is 1. The highest BCUT2D eigenvalue weighted by atomic mass is 127. The quantitative estimate of drug-likeness (QED) is 0.208. The van der Waals surface area contributed by atoms with Gasteiger partial charge in [0.25, 0.3) is 0 Å². The Morgan fingerprint density at radius 1 is 1.07 bits per heavy atom. The van der Waals surface area contributed by atoms with Gasteiger partial charge in [-0.1, -0.05) is 24.3 Å². The van der Waals surface area contributed by atoms with E-state index < -0.39 is 0 Å². The predicted molar refractivity (Wildman–Crippen MR) is 127 cm³/mol. The van der Waals surface area contributed by atoms with Crippen molar-refractivity contribution in [3.63, 3.8) is 0 Å². The molecule has 0 fully saturated rings.